The van der Waals surface area contributed by atoms with Crippen molar-refractivity contribution in [3.63, 3.8) is 0 Å². The summed E-state index contributed by atoms with van der Waals surface area (Å²) in [6.45, 7) is 5.39. The lowest BCUT2D eigenvalue weighted by atomic mass is 9.56. The third kappa shape index (κ3) is 3.32. The van der Waals surface area contributed by atoms with Crippen molar-refractivity contribution in [2.45, 2.75) is 54.8 Å². The summed E-state index contributed by atoms with van der Waals surface area (Å²) in [5, 5.41) is 11.0. The summed E-state index contributed by atoms with van der Waals surface area (Å²) in [7, 11) is 1.47. The molecule has 0 spiro atoms. The van der Waals surface area contributed by atoms with Gasteiger partial charge in [-0.2, -0.15) is 0 Å². The molecule has 2 aliphatic carbocycles. The third-order valence-electron chi connectivity index (χ3n) is 8.23. The van der Waals surface area contributed by atoms with Gasteiger partial charge in [0, 0.05) is 17.0 Å². The lowest BCUT2D eigenvalue weighted by Crippen LogP contribution is -2.60. The van der Waals surface area contributed by atoms with Crippen molar-refractivity contribution < 1.29 is 29.0 Å². The van der Waals surface area contributed by atoms with Gasteiger partial charge in [-0.05, 0) is 57.7 Å². The van der Waals surface area contributed by atoms with Crippen molar-refractivity contribution in [3.05, 3.63) is 35.4 Å². The van der Waals surface area contributed by atoms with E-state index in [0.29, 0.717) is 11.3 Å². The number of fused-ring (bicyclic) bond motifs is 4. The van der Waals surface area contributed by atoms with Crippen molar-refractivity contribution >= 4 is 62.8 Å². The maximum atomic E-state index is 13.8. The molecule has 37 heavy (non-hydrogen) atoms. The highest BCUT2D eigenvalue weighted by Crippen LogP contribution is 2.66. The number of methoxy groups -OCH3 is 1. The summed E-state index contributed by atoms with van der Waals surface area (Å²) < 4.78 is 5.37. The Labute approximate surface area is 233 Å². The van der Waals surface area contributed by atoms with Crippen molar-refractivity contribution in [3.8, 4) is 11.5 Å². The van der Waals surface area contributed by atoms with E-state index in [1.165, 1.54) is 18.1 Å². The van der Waals surface area contributed by atoms with Gasteiger partial charge in [0.1, 0.15) is 11.5 Å². The van der Waals surface area contributed by atoms with Gasteiger partial charge >= 0.3 is 0 Å². The van der Waals surface area contributed by atoms with E-state index in [9.17, 15) is 24.3 Å². The number of allylic oxidation sites excluding steroid dienone is 2. The molecule has 11 heteroatoms. The van der Waals surface area contributed by atoms with Gasteiger partial charge in [-0.25, -0.2) is 0 Å². The number of phenols is 1. The van der Waals surface area contributed by atoms with Crippen LogP contribution in [-0.4, -0.2) is 66.4 Å². The van der Waals surface area contributed by atoms with E-state index in [1.54, 1.807) is 32.9 Å². The average molecular weight is 614 g/mol. The molecule has 2 heterocycles. The zero-order chi connectivity index (χ0) is 27.2. The molecule has 6 atom stereocenters. The number of ether oxygens (including phenoxy) is 1. The molecule has 2 saturated heterocycles. The smallest absolute Gasteiger partial charge is 0.254 e. The van der Waals surface area contributed by atoms with E-state index in [1.807, 2.05) is 6.08 Å². The lowest BCUT2D eigenvalue weighted by Gasteiger charge is -2.50. The Kier molecular flexibility index (Phi) is 6.05. The predicted molar refractivity (Wildman–Crippen MR) is 140 cm³/mol. The first-order valence-corrected chi connectivity index (χ1v) is 13.9. The van der Waals surface area contributed by atoms with Crippen LogP contribution in [0.1, 0.15) is 45.1 Å². The summed E-state index contributed by atoms with van der Waals surface area (Å²) in [5.41, 5.74) is 0.0300. The Morgan fingerprint density at radius 2 is 1.78 bits per heavy atom. The largest absolute Gasteiger partial charge is 0.508 e. The van der Waals surface area contributed by atoms with Crippen LogP contribution in [0.15, 0.2) is 29.8 Å². The molecule has 0 radical (unpaired) electrons. The van der Waals surface area contributed by atoms with Gasteiger partial charge in [-0.15, -0.1) is 23.2 Å². The number of halogens is 3. The zero-order valence-electron chi connectivity index (χ0n) is 20.8. The maximum Gasteiger partial charge on any atom is 0.254 e. The number of benzene rings is 1. The second-order valence-corrected chi connectivity index (χ2v) is 12.8. The highest BCUT2D eigenvalue weighted by atomic mass is 79.9. The number of alkyl halides is 3. The minimum absolute atomic E-state index is 0.0998. The second kappa shape index (κ2) is 8.45. The number of likely N-dealkylation sites (tertiary alicyclic amines) is 2. The number of carbonyl (C=O) groups excluding carboxylic acids is 4. The fourth-order valence-electron chi connectivity index (χ4n) is 6.65. The van der Waals surface area contributed by atoms with E-state index in [4.69, 9.17) is 27.9 Å². The fraction of sp³-hybridized carbons (Fsp3) is 0.538. The molecule has 198 valence electrons. The number of aromatic hydroxyl groups is 1. The first-order valence-electron chi connectivity index (χ1n) is 12.0. The quantitative estimate of drug-likeness (QED) is 0.240. The van der Waals surface area contributed by atoms with Crippen LogP contribution in [0, 0.1) is 17.8 Å². The van der Waals surface area contributed by atoms with E-state index < -0.39 is 50.8 Å². The first-order chi connectivity index (χ1) is 17.2. The van der Waals surface area contributed by atoms with Gasteiger partial charge in [0.05, 0.1) is 24.4 Å². The number of rotatable bonds is 3. The van der Waals surface area contributed by atoms with Crippen molar-refractivity contribution in [2.24, 2.45) is 17.8 Å². The number of hydrogen-bond acceptors (Lipinski definition) is 6. The van der Waals surface area contributed by atoms with Crippen LogP contribution in [0.2, 0.25) is 0 Å². The number of imide groups is 2. The van der Waals surface area contributed by atoms with Crippen LogP contribution in [-0.2, 0) is 19.2 Å². The molecule has 2 aliphatic heterocycles. The molecular weight excluding hydrogens is 587 g/mol. The summed E-state index contributed by atoms with van der Waals surface area (Å²) >= 11 is 17.5. The molecule has 1 saturated carbocycles. The zero-order valence-corrected chi connectivity index (χ0v) is 23.9. The molecule has 5 rings (SSSR count). The molecule has 0 bridgehead atoms. The monoisotopic (exact) mass is 612 g/mol. The maximum absolute atomic E-state index is 13.8. The summed E-state index contributed by atoms with van der Waals surface area (Å²) in [5.74, 6) is -4.77. The normalized spacial score (nSPS) is 35.4. The standard InChI is InChI=1S/C26H27BrCl2N2O6/c1-24(2,3)31-20(33)14-7-6-13-16(18(14)21(31)34)10-25(28)22(35)30(11-27)23(36)26(25,29)19(13)15-9-12(37-4)5-8-17(15)32/h5-6,8-9,14,16,18-19,32H,7,10-11H2,1-4H3/t14-,16+,18-,19+,25+,26-/m0/s1. The second-order valence-electron chi connectivity index (χ2n) is 11.1. The van der Waals surface area contributed by atoms with Gasteiger partial charge in [0.25, 0.3) is 11.8 Å². The fourth-order valence-corrected chi connectivity index (χ4v) is 8.07. The van der Waals surface area contributed by atoms with Gasteiger partial charge in [-0.3, -0.25) is 29.0 Å². The molecule has 4 amide bonds. The minimum atomic E-state index is -1.98. The number of nitrogens with zero attached hydrogens (tertiary/aromatic N) is 2. The molecule has 1 N–H and O–H groups in total. The Morgan fingerprint density at radius 1 is 1.11 bits per heavy atom. The van der Waals surface area contributed by atoms with Crippen LogP contribution in [0.4, 0.5) is 0 Å². The molecular formula is C26H27BrCl2N2O6. The van der Waals surface area contributed by atoms with E-state index in [2.05, 4.69) is 15.9 Å². The molecule has 3 fully saturated rings. The molecule has 4 aliphatic rings. The number of hydrogen-bond donors (Lipinski definition) is 1. The highest BCUT2D eigenvalue weighted by Gasteiger charge is 2.76. The van der Waals surface area contributed by atoms with E-state index >= 15 is 0 Å². The Hall–Kier alpha value is -2.10. The molecule has 8 nitrogen and oxygen atoms in total. The summed E-state index contributed by atoms with van der Waals surface area (Å²) in [4.78, 5) is 52.9. The van der Waals surface area contributed by atoms with Crippen molar-refractivity contribution in [1.82, 2.24) is 9.80 Å². The van der Waals surface area contributed by atoms with Crippen molar-refractivity contribution in [1.29, 1.82) is 0 Å². The summed E-state index contributed by atoms with van der Waals surface area (Å²) in [6.07, 6.45) is 2.00. The number of carbonyl (C=O) groups is 4. The van der Waals surface area contributed by atoms with Gasteiger partial charge in [-0.1, -0.05) is 27.6 Å². The molecule has 1 aromatic carbocycles. The van der Waals surface area contributed by atoms with Crippen LogP contribution < -0.4 is 4.74 Å². The molecule has 0 unspecified atom stereocenters. The SMILES string of the molecule is COc1ccc(O)c([C@H]2C3=CC[C@@H]4C(=O)N(C(C)(C)C)C(=O)[C@@H]4[C@@H]3C[C@@]3(Cl)C(=O)N(CBr)C(=O)[C@@]23Cl)c1. The van der Waals surface area contributed by atoms with E-state index in [0.717, 1.165) is 4.90 Å². The van der Waals surface area contributed by atoms with Crippen LogP contribution in [0.5, 0.6) is 11.5 Å². The highest BCUT2D eigenvalue weighted by molar-refractivity contribution is 9.09. The van der Waals surface area contributed by atoms with Crippen LogP contribution >= 0.6 is 39.1 Å². The van der Waals surface area contributed by atoms with Gasteiger partial charge in [0.15, 0.2) is 9.75 Å². The molecule has 0 aromatic heterocycles. The van der Waals surface area contributed by atoms with Gasteiger partial charge in [0.2, 0.25) is 11.8 Å². The Bertz CT molecular complexity index is 1280. The Morgan fingerprint density at radius 3 is 2.38 bits per heavy atom. The average Bonchev–Trinajstić information content (AvgIpc) is 3.18. The minimum Gasteiger partial charge on any atom is -0.508 e. The third-order valence-corrected chi connectivity index (χ3v) is 10.1. The molecule has 1 aromatic rings. The van der Waals surface area contributed by atoms with Gasteiger partial charge < -0.3 is 9.84 Å². The topological polar surface area (TPSA) is 104 Å². The summed E-state index contributed by atoms with van der Waals surface area (Å²) in [6, 6.07) is 4.55. The lowest BCUT2D eigenvalue weighted by molar-refractivity contribution is -0.146. The first kappa shape index (κ1) is 26.5. The predicted octanol–water partition coefficient (Wildman–Crippen LogP) is 3.91. The van der Waals surface area contributed by atoms with Crippen molar-refractivity contribution in [2.75, 3.05) is 12.6 Å². The van der Waals surface area contributed by atoms with Crippen LogP contribution in [0.3, 0.4) is 0 Å². The number of phenolic OH excluding ortho intramolecular Hbond substituents is 1. The van der Waals surface area contributed by atoms with Crippen LogP contribution in [0.25, 0.3) is 0 Å². The number of amides is 4. The Balaban J connectivity index is 1.75. The van der Waals surface area contributed by atoms with E-state index in [-0.39, 0.29) is 41.4 Å².